The number of hydrogen-bond donors (Lipinski definition) is 4. The third-order valence-corrected chi connectivity index (χ3v) is 10.8. The average molecular weight is 596 g/mol. The zero-order valence-electron chi connectivity index (χ0n) is 22.0. The van der Waals surface area contributed by atoms with Gasteiger partial charge in [-0.2, -0.15) is 4.31 Å². The van der Waals surface area contributed by atoms with Crippen LogP contribution in [-0.2, 0) is 31.3 Å². The number of piperidine rings is 1. The van der Waals surface area contributed by atoms with Gasteiger partial charge in [-0.05, 0) is 44.5 Å². The maximum absolute atomic E-state index is 13.2. The van der Waals surface area contributed by atoms with Crippen LogP contribution in [0.15, 0.2) is 46.3 Å². The highest BCUT2D eigenvalue weighted by Gasteiger charge is 2.45. The molecule has 2 saturated heterocycles. The van der Waals surface area contributed by atoms with Gasteiger partial charge < -0.3 is 25.2 Å². The quantitative estimate of drug-likeness (QED) is 0.282. The van der Waals surface area contributed by atoms with Crippen molar-refractivity contribution in [2.75, 3.05) is 39.9 Å². The van der Waals surface area contributed by atoms with E-state index in [0.717, 1.165) is 0 Å². The third-order valence-electron chi connectivity index (χ3n) is 7.56. The van der Waals surface area contributed by atoms with Gasteiger partial charge in [-0.15, -0.1) is 0 Å². The van der Waals surface area contributed by atoms with E-state index in [0.29, 0.717) is 49.4 Å². The number of carbonyl (C=O) groups excluding carboxylic acids is 1. The number of amides is 1. The van der Waals surface area contributed by atoms with Gasteiger partial charge in [0, 0.05) is 37.9 Å². The molecule has 0 saturated carbocycles. The van der Waals surface area contributed by atoms with Gasteiger partial charge in [0.25, 0.3) is 5.91 Å². The molecule has 0 radical (unpaired) electrons. The minimum absolute atomic E-state index is 0.0118. The average Bonchev–Trinajstić information content (AvgIpc) is 3.53. The normalized spacial score (nSPS) is 21.8. The standard InChI is InChI=1S/C25H33N5O8S2/c1-26-39(33,34)20-4-2-3-19(9-20)37-16-18(31)12-27-17-11-25(38-15-17)5-7-30(8-6-25)40(35,36)21-10-22-23(28-13-21)14-29-24(22)32/h2-4,9-10,13,17-18,26-27,31H,5-8,11-12,14-16H2,1H3,(H,29,32)/t17-,18?/m1/s1. The summed E-state index contributed by atoms with van der Waals surface area (Å²) < 4.78 is 65.7. The second-order valence-electron chi connectivity index (χ2n) is 10.2. The molecule has 13 nitrogen and oxygen atoms in total. The van der Waals surface area contributed by atoms with Crippen LogP contribution in [0.1, 0.15) is 35.3 Å². The molecule has 5 rings (SSSR count). The Kier molecular flexibility index (Phi) is 8.16. The summed E-state index contributed by atoms with van der Waals surface area (Å²) in [4.78, 5) is 16.2. The van der Waals surface area contributed by atoms with Crippen LogP contribution in [0.25, 0.3) is 0 Å². The number of benzene rings is 1. The van der Waals surface area contributed by atoms with Gasteiger partial charge in [-0.1, -0.05) is 6.07 Å². The van der Waals surface area contributed by atoms with Crippen molar-refractivity contribution in [1.82, 2.24) is 24.6 Å². The van der Waals surface area contributed by atoms with Crippen LogP contribution in [0.3, 0.4) is 0 Å². The van der Waals surface area contributed by atoms with E-state index in [1.54, 1.807) is 12.1 Å². The molecule has 1 unspecified atom stereocenters. The number of aliphatic hydroxyl groups excluding tert-OH is 1. The lowest BCUT2D eigenvalue weighted by Gasteiger charge is -2.38. The molecule has 218 valence electrons. The number of pyridine rings is 1. The maximum atomic E-state index is 13.2. The molecule has 2 fully saturated rings. The Bertz CT molecular complexity index is 1480. The van der Waals surface area contributed by atoms with E-state index in [2.05, 4.69) is 20.3 Å². The fraction of sp³-hybridized carbons (Fsp3) is 0.520. The molecule has 0 bridgehead atoms. The van der Waals surface area contributed by atoms with Crippen molar-refractivity contribution in [3.8, 4) is 5.75 Å². The zero-order chi connectivity index (χ0) is 28.5. The summed E-state index contributed by atoms with van der Waals surface area (Å²) in [5.41, 5.74) is 0.399. The number of aromatic nitrogens is 1. The van der Waals surface area contributed by atoms with E-state index >= 15 is 0 Å². The molecule has 2 atom stereocenters. The molecule has 1 amide bonds. The van der Waals surface area contributed by atoms with Crippen molar-refractivity contribution < 1.29 is 36.2 Å². The number of nitrogens with one attached hydrogen (secondary N) is 3. The third kappa shape index (κ3) is 6.00. The van der Waals surface area contributed by atoms with Crippen molar-refractivity contribution in [3.63, 3.8) is 0 Å². The summed E-state index contributed by atoms with van der Waals surface area (Å²) in [5, 5.41) is 16.3. The molecule has 4 N–H and O–H groups in total. The fourth-order valence-corrected chi connectivity index (χ4v) is 7.40. The van der Waals surface area contributed by atoms with Gasteiger partial charge >= 0.3 is 0 Å². The molecule has 4 heterocycles. The Morgan fingerprint density at radius 3 is 2.75 bits per heavy atom. The predicted molar refractivity (Wildman–Crippen MR) is 143 cm³/mol. The molecule has 1 aromatic carbocycles. The van der Waals surface area contributed by atoms with Crippen LogP contribution in [-0.4, -0.2) is 94.8 Å². The highest BCUT2D eigenvalue weighted by atomic mass is 32.2. The Morgan fingerprint density at radius 2 is 2.00 bits per heavy atom. The van der Waals surface area contributed by atoms with Crippen molar-refractivity contribution in [2.24, 2.45) is 0 Å². The second-order valence-corrected chi connectivity index (χ2v) is 14.0. The number of aliphatic hydroxyl groups is 1. The summed E-state index contributed by atoms with van der Waals surface area (Å²) in [6.45, 7) is 1.54. The van der Waals surface area contributed by atoms with E-state index in [1.807, 2.05) is 0 Å². The van der Waals surface area contributed by atoms with E-state index in [9.17, 15) is 26.7 Å². The van der Waals surface area contributed by atoms with Gasteiger partial charge in [0.1, 0.15) is 23.4 Å². The number of ether oxygens (including phenoxy) is 2. The fourth-order valence-electron chi connectivity index (χ4n) is 5.22. The van der Waals surface area contributed by atoms with Crippen molar-refractivity contribution >= 4 is 26.0 Å². The van der Waals surface area contributed by atoms with Crippen LogP contribution in [0.4, 0.5) is 0 Å². The zero-order valence-corrected chi connectivity index (χ0v) is 23.6. The SMILES string of the molecule is CNS(=O)(=O)c1cccc(OCC(O)CN[C@H]2COC3(CCN(S(=O)(=O)c4cnc5c(c4)C(=O)NC5)CC3)C2)c1. The maximum Gasteiger partial charge on any atom is 0.253 e. The Morgan fingerprint density at radius 1 is 1.23 bits per heavy atom. The summed E-state index contributed by atoms with van der Waals surface area (Å²) in [6, 6.07) is 7.42. The van der Waals surface area contributed by atoms with E-state index < -0.39 is 31.8 Å². The molecule has 2 aromatic rings. The lowest BCUT2D eigenvalue weighted by atomic mass is 9.88. The molecule has 1 aromatic heterocycles. The number of rotatable bonds is 10. The van der Waals surface area contributed by atoms with Crippen LogP contribution < -0.4 is 20.1 Å². The molecule has 15 heteroatoms. The minimum atomic E-state index is -3.79. The smallest absolute Gasteiger partial charge is 0.253 e. The number of fused-ring (bicyclic) bond motifs is 1. The van der Waals surface area contributed by atoms with Gasteiger partial charge in [0.15, 0.2) is 0 Å². The minimum Gasteiger partial charge on any atom is -0.491 e. The lowest BCUT2D eigenvalue weighted by molar-refractivity contribution is -0.0312. The number of sulfonamides is 2. The number of carbonyl (C=O) groups is 1. The summed E-state index contributed by atoms with van der Waals surface area (Å²) in [7, 11) is -6.06. The molecular weight excluding hydrogens is 562 g/mol. The molecular formula is C25H33N5O8S2. The van der Waals surface area contributed by atoms with Crippen LogP contribution in [0, 0.1) is 0 Å². The lowest BCUT2D eigenvalue weighted by Crippen LogP contribution is -2.47. The summed E-state index contributed by atoms with van der Waals surface area (Å²) in [5.74, 6) is 0.0140. The molecule has 0 aliphatic carbocycles. The van der Waals surface area contributed by atoms with E-state index in [4.69, 9.17) is 9.47 Å². The van der Waals surface area contributed by atoms with Crippen molar-refractivity contribution in [2.45, 2.75) is 53.3 Å². The molecule has 40 heavy (non-hydrogen) atoms. The van der Waals surface area contributed by atoms with Crippen LogP contribution >= 0.6 is 0 Å². The number of nitrogens with zero attached hydrogens (tertiary/aromatic N) is 2. The molecule has 3 aliphatic rings. The molecule has 3 aliphatic heterocycles. The first kappa shape index (κ1) is 28.9. The predicted octanol–water partition coefficient (Wildman–Crippen LogP) is -0.425. The summed E-state index contributed by atoms with van der Waals surface area (Å²) >= 11 is 0. The van der Waals surface area contributed by atoms with E-state index in [-0.39, 0.29) is 48.0 Å². The number of hydrogen-bond acceptors (Lipinski definition) is 10. The Hall–Kier alpha value is -2.66. The van der Waals surface area contributed by atoms with Gasteiger partial charge in [-0.25, -0.2) is 21.6 Å². The van der Waals surface area contributed by atoms with Gasteiger partial charge in [0.05, 0.1) is 34.9 Å². The highest BCUT2D eigenvalue weighted by Crippen LogP contribution is 2.37. The monoisotopic (exact) mass is 595 g/mol. The van der Waals surface area contributed by atoms with Crippen LogP contribution in [0.5, 0.6) is 5.75 Å². The second kappa shape index (κ2) is 11.3. The molecule has 1 spiro atoms. The highest BCUT2D eigenvalue weighted by molar-refractivity contribution is 7.89. The summed E-state index contributed by atoms with van der Waals surface area (Å²) in [6.07, 6.45) is 2.21. The largest absolute Gasteiger partial charge is 0.491 e. The topological polar surface area (TPSA) is 176 Å². The first-order valence-corrected chi connectivity index (χ1v) is 15.9. The van der Waals surface area contributed by atoms with Gasteiger partial charge in [0.2, 0.25) is 20.0 Å². The first-order valence-electron chi connectivity index (χ1n) is 13.0. The Labute approximate surface area is 233 Å². The first-order chi connectivity index (χ1) is 19.0. The van der Waals surface area contributed by atoms with Crippen LogP contribution in [0.2, 0.25) is 0 Å². The van der Waals surface area contributed by atoms with Crippen molar-refractivity contribution in [3.05, 3.63) is 47.8 Å². The van der Waals surface area contributed by atoms with E-state index in [1.165, 1.54) is 35.7 Å². The Balaban J connectivity index is 1.09. The van der Waals surface area contributed by atoms with Crippen molar-refractivity contribution in [1.29, 1.82) is 0 Å². The van der Waals surface area contributed by atoms with Gasteiger partial charge in [-0.3, -0.25) is 9.78 Å².